The molecule has 0 unspecified atom stereocenters. The second-order valence-electron chi connectivity index (χ2n) is 5.28. The Labute approximate surface area is 141 Å². The van der Waals surface area contributed by atoms with Crippen LogP contribution in [-0.4, -0.2) is 36.3 Å². The quantitative estimate of drug-likeness (QED) is 0.738. The lowest BCUT2D eigenvalue weighted by Gasteiger charge is -2.27. The molecule has 1 aromatic heterocycles. The molecule has 1 aliphatic heterocycles. The number of nitrogens with two attached hydrogens (primary N) is 1. The fourth-order valence-corrected chi connectivity index (χ4v) is 3.32. The Morgan fingerprint density at radius 2 is 2.14 bits per heavy atom. The van der Waals surface area contributed by atoms with Gasteiger partial charge in [0.05, 0.1) is 0 Å². The van der Waals surface area contributed by atoms with Crippen molar-refractivity contribution < 1.29 is 9.59 Å². The molecule has 0 saturated carbocycles. The number of nitrogens with one attached hydrogen (secondary N) is 1. The molecule has 7 heteroatoms. The molecule has 0 atom stereocenters. The standard InChI is InChI=1S/C15H23N3O2S.ClH/c16-7-1-2-8-17-14(19)3-4-15(20)18-9-5-13-12(11-18)6-10-21-13;/h6,10H,1-5,7-9,11,16H2,(H,17,19);1H. The Balaban J connectivity index is 0.00000242. The highest BCUT2D eigenvalue weighted by molar-refractivity contribution is 7.10. The van der Waals surface area contributed by atoms with Gasteiger partial charge < -0.3 is 16.0 Å². The van der Waals surface area contributed by atoms with Crippen LogP contribution in [0.5, 0.6) is 0 Å². The Bertz CT molecular complexity index is 493. The van der Waals surface area contributed by atoms with E-state index in [-0.39, 0.29) is 30.6 Å². The maximum atomic E-state index is 12.1. The molecular weight excluding hydrogens is 322 g/mol. The van der Waals surface area contributed by atoms with Gasteiger partial charge >= 0.3 is 0 Å². The Morgan fingerprint density at radius 1 is 1.32 bits per heavy atom. The Hall–Kier alpha value is -1.11. The number of carbonyl (C=O) groups is 2. The average molecular weight is 346 g/mol. The van der Waals surface area contributed by atoms with E-state index in [9.17, 15) is 9.59 Å². The summed E-state index contributed by atoms with van der Waals surface area (Å²) in [6.07, 6.45) is 3.31. The van der Waals surface area contributed by atoms with Crippen LogP contribution in [0.4, 0.5) is 0 Å². The number of hydrogen-bond donors (Lipinski definition) is 2. The van der Waals surface area contributed by atoms with Crippen LogP contribution in [-0.2, 0) is 22.6 Å². The normalized spacial score (nSPS) is 13.2. The lowest BCUT2D eigenvalue weighted by Crippen LogP contribution is -2.36. The molecule has 0 bridgehead atoms. The van der Waals surface area contributed by atoms with E-state index in [0.717, 1.165) is 25.8 Å². The molecule has 1 aliphatic rings. The minimum atomic E-state index is -0.0476. The summed E-state index contributed by atoms with van der Waals surface area (Å²) in [6.45, 7) is 2.75. The summed E-state index contributed by atoms with van der Waals surface area (Å²) in [6, 6.07) is 2.09. The van der Waals surface area contributed by atoms with Crippen molar-refractivity contribution in [3.8, 4) is 0 Å². The molecule has 3 N–H and O–H groups in total. The summed E-state index contributed by atoms with van der Waals surface area (Å²) >= 11 is 1.76. The van der Waals surface area contributed by atoms with Gasteiger partial charge in [-0.1, -0.05) is 0 Å². The highest BCUT2D eigenvalue weighted by atomic mass is 35.5. The van der Waals surface area contributed by atoms with Crippen LogP contribution in [0.15, 0.2) is 11.4 Å². The first-order valence-corrected chi connectivity index (χ1v) is 8.38. The highest BCUT2D eigenvalue weighted by Gasteiger charge is 2.21. The lowest BCUT2D eigenvalue weighted by atomic mass is 10.1. The van der Waals surface area contributed by atoms with Gasteiger partial charge in [0, 0.05) is 37.4 Å². The molecule has 0 aromatic carbocycles. The van der Waals surface area contributed by atoms with Crippen LogP contribution in [0.3, 0.4) is 0 Å². The number of nitrogens with zero attached hydrogens (tertiary/aromatic N) is 1. The SMILES string of the molecule is Cl.NCCCCNC(=O)CCC(=O)N1CCc2sccc2C1. The third-order valence-corrected chi connectivity index (χ3v) is 4.70. The van der Waals surface area contributed by atoms with Crippen molar-refractivity contribution in [2.24, 2.45) is 5.73 Å². The minimum Gasteiger partial charge on any atom is -0.356 e. The highest BCUT2D eigenvalue weighted by Crippen LogP contribution is 2.24. The summed E-state index contributed by atoms with van der Waals surface area (Å²) in [4.78, 5) is 27.0. The molecule has 2 heterocycles. The fourth-order valence-electron chi connectivity index (χ4n) is 2.43. The predicted octanol–water partition coefficient (Wildman–Crippen LogP) is 1.69. The molecule has 22 heavy (non-hydrogen) atoms. The summed E-state index contributed by atoms with van der Waals surface area (Å²) in [5, 5.41) is 4.90. The second-order valence-corrected chi connectivity index (χ2v) is 6.28. The van der Waals surface area contributed by atoms with E-state index in [0.29, 0.717) is 26.1 Å². The lowest BCUT2D eigenvalue weighted by molar-refractivity contribution is -0.134. The maximum Gasteiger partial charge on any atom is 0.223 e. The van der Waals surface area contributed by atoms with Crippen LogP contribution < -0.4 is 11.1 Å². The zero-order valence-electron chi connectivity index (χ0n) is 12.7. The minimum absolute atomic E-state index is 0. The van der Waals surface area contributed by atoms with Crippen molar-refractivity contribution >= 4 is 35.6 Å². The van der Waals surface area contributed by atoms with Crippen LogP contribution in [0, 0.1) is 0 Å². The number of carbonyl (C=O) groups excluding carboxylic acids is 2. The van der Waals surface area contributed by atoms with Crippen molar-refractivity contribution in [1.82, 2.24) is 10.2 Å². The smallest absolute Gasteiger partial charge is 0.223 e. The van der Waals surface area contributed by atoms with Gasteiger partial charge in [0.25, 0.3) is 0 Å². The van der Waals surface area contributed by atoms with Gasteiger partial charge in [0.1, 0.15) is 0 Å². The van der Waals surface area contributed by atoms with Gasteiger partial charge in [-0.15, -0.1) is 23.7 Å². The third-order valence-electron chi connectivity index (χ3n) is 3.68. The zero-order valence-corrected chi connectivity index (χ0v) is 14.3. The van der Waals surface area contributed by atoms with Crippen LogP contribution in [0.2, 0.25) is 0 Å². The molecule has 0 radical (unpaired) electrons. The van der Waals surface area contributed by atoms with E-state index in [1.807, 2.05) is 4.90 Å². The predicted molar refractivity (Wildman–Crippen MR) is 91.2 cm³/mol. The Kier molecular flexibility index (Phi) is 8.45. The molecule has 0 aliphatic carbocycles. The monoisotopic (exact) mass is 345 g/mol. The largest absolute Gasteiger partial charge is 0.356 e. The molecule has 2 amide bonds. The zero-order chi connectivity index (χ0) is 15.1. The van der Waals surface area contributed by atoms with Crippen molar-refractivity contribution in [2.75, 3.05) is 19.6 Å². The molecule has 124 valence electrons. The van der Waals surface area contributed by atoms with Crippen molar-refractivity contribution in [3.05, 3.63) is 21.9 Å². The third kappa shape index (κ3) is 5.59. The molecule has 0 fully saturated rings. The van der Waals surface area contributed by atoms with Crippen molar-refractivity contribution in [1.29, 1.82) is 0 Å². The first-order chi connectivity index (χ1) is 10.2. The van der Waals surface area contributed by atoms with Gasteiger partial charge in [-0.3, -0.25) is 9.59 Å². The van der Waals surface area contributed by atoms with Crippen molar-refractivity contribution in [2.45, 2.75) is 38.6 Å². The van der Waals surface area contributed by atoms with Crippen LogP contribution >= 0.6 is 23.7 Å². The number of rotatable bonds is 7. The first kappa shape index (κ1) is 18.9. The number of thiophene rings is 1. The maximum absolute atomic E-state index is 12.1. The van der Waals surface area contributed by atoms with Gasteiger partial charge in [-0.2, -0.15) is 0 Å². The van der Waals surface area contributed by atoms with E-state index in [4.69, 9.17) is 5.73 Å². The van der Waals surface area contributed by atoms with E-state index in [1.54, 1.807) is 11.3 Å². The van der Waals surface area contributed by atoms with Gasteiger partial charge in [-0.05, 0) is 42.8 Å². The molecule has 2 rings (SSSR count). The van der Waals surface area contributed by atoms with Gasteiger partial charge in [0.15, 0.2) is 0 Å². The summed E-state index contributed by atoms with van der Waals surface area (Å²) in [5.74, 6) is 0.0255. The van der Waals surface area contributed by atoms with Gasteiger partial charge in [0.2, 0.25) is 11.8 Å². The molecule has 1 aromatic rings. The summed E-state index contributed by atoms with van der Waals surface area (Å²) < 4.78 is 0. The topological polar surface area (TPSA) is 75.4 Å². The molecule has 5 nitrogen and oxygen atoms in total. The number of hydrogen-bond acceptors (Lipinski definition) is 4. The molecule has 0 spiro atoms. The molecular formula is C15H24ClN3O2S. The van der Waals surface area contributed by atoms with Gasteiger partial charge in [-0.25, -0.2) is 0 Å². The number of fused-ring (bicyclic) bond motifs is 1. The Morgan fingerprint density at radius 3 is 2.91 bits per heavy atom. The average Bonchev–Trinajstić information content (AvgIpc) is 2.96. The first-order valence-electron chi connectivity index (χ1n) is 7.50. The number of amides is 2. The van der Waals surface area contributed by atoms with E-state index < -0.39 is 0 Å². The van der Waals surface area contributed by atoms with Crippen molar-refractivity contribution in [3.63, 3.8) is 0 Å². The second kappa shape index (κ2) is 9.82. The van der Waals surface area contributed by atoms with Crippen LogP contribution in [0.25, 0.3) is 0 Å². The van der Waals surface area contributed by atoms with E-state index in [1.165, 1.54) is 10.4 Å². The van der Waals surface area contributed by atoms with E-state index >= 15 is 0 Å². The summed E-state index contributed by atoms with van der Waals surface area (Å²) in [7, 11) is 0. The molecule has 0 saturated heterocycles. The number of unbranched alkanes of at least 4 members (excludes halogenated alkanes) is 1. The van der Waals surface area contributed by atoms with Crippen LogP contribution in [0.1, 0.15) is 36.1 Å². The number of halogens is 1. The fraction of sp³-hybridized carbons (Fsp3) is 0.600. The van der Waals surface area contributed by atoms with E-state index in [2.05, 4.69) is 16.8 Å². The summed E-state index contributed by atoms with van der Waals surface area (Å²) in [5.41, 5.74) is 6.65.